The van der Waals surface area contributed by atoms with Crippen molar-refractivity contribution in [2.75, 3.05) is 20.2 Å². The summed E-state index contributed by atoms with van der Waals surface area (Å²) in [6, 6.07) is 0. The highest BCUT2D eigenvalue weighted by Crippen LogP contribution is 2.11. The second kappa shape index (κ2) is 12.0. The Morgan fingerprint density at radius 1 is 0.833 bits per heavy atom. The van der Waals surface area contributed by atoms with Gasteiger partial charge >= 0.3 is 0 Å². The molecular weight excluding hydrogens is 222 g/mol. The molecule has 0 heterocycles. The van der Waals surface area contributed by atoms with E-state index in [2.05, 4.69) is 26.1 Å². The van der Waals surface area contributed by atoms with Gasteiger partial charge in [0.1, 0.15) is 0 Å². The molecule has 0 fully saturated rings. The lowest BCUT2D eigenvalue weighted by atomic mass is 10.1. The monoisotopic (exact) mass is 257 g/mol. The molecule has 0 saturated carbocycles. The summed E-state index contributed by atoms with van der Waals surface area (Å²) in [7, 11) is 1.79. The zero-order valence-corrected chi connectivity index (χ0v) is 13.2. The van der Waals surface area contributed by atoms with Crippen molar-refractivity contribution in [3.63, 3.8) is 0 Å². The fourth-order valence-corrected chi connectivity index (χ4v) is 2.00. The molecule has 0 aromatic carbocycles. The van der Waals surface area contributed by atoms with Crippen LogP contribution in [0.15, 0.2) is 0 Å². The minimum absolute atomic E-state index is 0.0201. The third-order valence-corrected chi connectivity index (χ3v) is 3.66. The molecule has 2 nitrogen and oxygen atoms in total. The molecule has 0 rings (SSSR count). The summed E-state index contributed by atoms with van der Waals surface area (Å²) in [6.45, 7) is 8.79. The van der Waals surface area contributed by atoms with Crippen LogP contribution in [0.1, 0.15) is 78.6 Å². The van der Waals surface area contributed by atoms with E-state index in [0.717, 1.165) is 19.5 Å². The number of rotatable bonds is 13. The molecule has 0 saturated heterocycles. The molecule has 1 N–H and O–H groups in total. The van der Waals surface area contributed by atoms with Crippen LogP contribution in [0.2, 0.25) is 0 Å². The van der Waals surface area contributed by atoms with E-state index in [9.17, 15) is 0 Å². The van der Waals surface area contributed by atoms with Gasteiger partial charge in [-0.3, -0.25) is 0 Å². The van der Waals surface area contributed by atoms with Crippen molar-refractivity contribution in [2.45, 2.75) is 84.2 Å². The average molecular weight is 257 g/mol. The van der Waals surface area contributed by atoms with E-state index >= 15 is 0 Å². The Labute approximate surface area is 115 Å². The van der Waals surface area contributed by atoms with E-state index < -0.39 is 0 Å². The molecule has 0 aliphatic carbocycles. The van der Waals surface area contributed by atoms with Crippen molar-refractivity contribution < 1.29 is 4.74 Å². The standard InChI is InChI=1S/C16H35NO/c1-5-6-7-8-9-10-11-12-14-17-15-13-16(2,3)18-4/h17H,5-15H2,1-4H3. The molecule has 0 radical (unpaired) electrons. The maximum Gasteiger partial charge on any atom is 0.0634 e. The molecule has 110 valence electrons. The molecule has 0 spiro atoms. The van der Waals surface area contributed by atoms with Crippen LogP contribution in [0.4, 0.5) is 0 Å². The SMILES string of the molecule is CCCCCCCCCCNCCC(C)(C)OC. The first-order chi connectivity index (χ1) is 8.62. The van der Waals surface area contributed by atoms with E-state index in [1.165, 1.54) is 51.4 Å². The maximum atomic E-state index is 5.39. The smallest absolute Gasteiger partial charge is 0.0634 e. The minimum Gasteiger partial charge on any atom is -0.379 e. The van der Waals surface area contributed by atoms with Gasteiger partial charge in [0, 0.05) is 7.11 Å². The quantitative estimate of drug-likeness (QED) is 0.489. The normalized spacial score (nSPS) is 12.0. The van der Waals surface area contributed by atoms with Gasteiger partial charge in [0.15, 0.2) is 0 Å². The molecule has 0 aromatic heterocycles. The third kappa shape index (κ3) is 12.4. The summed E-state index contributed by atoms with van der Waals surface area (Å²) in [5.41, 5.74) is 0.0201. The lowest BCUT2D eigenvalue weighted by molar-refractivity contribution is 0.0159. The van der Waals surface area contributed by atoms with Crippen molar-refractivity contribution in [3.05, 3.63) is 0 Å². The summed E-state index contributed by atoms with van der Waals surface area (Å²) >= 11 is 0. The van der Waals surface area contributed by atoms with Gasteiger partial charge in [-0.1, -0.05) is 51.9 Å². The van der Waals surface area contributed by atoms with Crippen molar-refractivity contribution >= 4 is 0 Å². The zero-order chi connectivity index (χ0) is 13.7. The minimum atomic E-state index is 0.0201. The number of nitrogens with one attached hydrogen (secondary N) is 1. The van der Waals surface area contributed by atoms with Crippen LogP contribution < -0.4 is 5.32 Å². The Balaban J connectivity index is 3.08. The topological polar surface area (TPSA) is 21.3 Å². The van der Waals surface area contributed by atoms with Gasteiger partial charge in [-0.2, -0.15) is 0 Å². The second-order valence-electron chi connectivity index (χ2n) is 5.94. The van der Waals surface area contributed by atoms with Crippen molar-refractivity contribution in [3.8, 4) is 0 Å². The van der Waals surface area contributed by atoms with Gasteiger partial charge in [-0.05, 0) is 39.8 Å². The van der Waals surface area contributed by atoms with Crippen LogP contribution in [0.3, 0.4) is 0 Å². The van der Waals surface area contributed by atoms with Crippen molar-refractivity contribution in [1.29, 1.82) is 0 Å². The molecule has 0 amide bonds. The first kappa shape index (κ1) is 17.9. The Morgan fingerprint density at radius 2 is 1.39 bits per heavy atom. The maximum absolute atomic E-state index is 5.39. The highest BCUT2D eigenvalue weighted by Gasteiger charge is 2.14. The Morgan fingerprint density at radius 3 is 1.94 bits per heavy atom. The predicted molar refractivity (Wildman–Crippen MR) is 81.2 cm³/mol. The number of hydrogen-bond donors (Lipinski definition) is 1. The number of ether oxygens (including phenoxy) is 1. The molecule has 0 aliphatic heterocycles. The Bertz CT molecular complexity index is 168. The Kier molecular flexibility index (Phi) is 11.9. The predicted octanol–water partition coefficient (Wildman–Crippen LogP) is 4.53. The molecule has 0 bridgehead atoms. The second-order valence-corrected chi connectivity index (χ2v) is 5.94. The van der Waals surface area contributed by atoms with Crippen LogP contribution in [-0.2, 0) is 4.74 Å². The number of methoxy groups -OCH3 is 1. The first-order valence-corrected chi connectivity index (χ1v) is 7.88. The summed E-state index contributed by atoms with van der Waals surface area (Å²) in [5, 5.41) is 3.51. The highest BCUT2D eigenvalue weighted by molar-refractivity contribution is 4.68. The summed E-state index contributed by atoms with van der Waals surface area (Å²) in [5.74, 6) is 0. The van der Waals surface area contributed by atoms with Crippen LogP contribution in [0.5, 0.6) is 0 Å². The lowest BCUT2D eigenvalue weighted by Crippen LogP contribution is -2.29. The van der Waals surface area contributed by atoms with Gasteiger partial charge in [0.05, 0.1) is 5.60 Å². The van der Waals surface area contributed by atoms with Gasteiger partial charge in [0.2, 0.25) is 0 Å². The number of hydrogen-bond acceptors (Lipinski definition) is 2. The highest BCUT2D eigenvalue weighted by atomic mass is 16.5. The van der Waals surface area contributed by atoms with E-state index in [1.807, 2.05) is 0 Å². The molecule has 0 atom stereocenters. The molecule has 18 heavy (non-hydrogen) atoms. The molecular formula is C16H35NO. The summed E-state index contributed by atoms with van der Waals surface area (Å²) in [4.78, 5) is 0. The van der Waals surface area contributed by atoms with E-state index in [0.29, 0.717) is 0 Å². The fraction of sp³-hybridized carbons (Fsp3) is 1.00. The van der Waals surface area contributed by atoms with E-state index in [4.69, 9.17) is 4.74 Å². The summed E-state index contributed by atoms with van der Waals surface area (Å²) in [6.07, 6.45) is 12.3. The Hall–Kier alpha value is -0.0800. The van der Waals surface area contributed by atoms with Crippen LogP contribution in [0, 0.1) is 0 Å². The molecule has 0 aliphatic rings. The lowest BCUT2D eigenvalue weighted by Gasteiger charge is -2.22. The van der Waals surface area contributed by atoms with Gasteiger partial charge in [-0.25, -0.2) is 0 Å². The number of unbranched alkanes of at least 4 members (excludes halogenated alkanes) is 7. The molecule has 2 heteroatoms. The fourth-order valence-electron chi connectivity index (χ4n) is 2.00. The van der Waals surface area contributed by atoms with Crippen LogP contribution in [0.25, 0.3) is 0 Å². The third-order valence-electron chi connectivity index (χ3n) is 3.66. The van der Waals surface area contributed by atoms with Gasteiger partial charge in [-0.15, -0.1) is 0 Å². The van der Waals surface area contributed by atoms with Crippen LogP contribution >= 0.6 is 0 Å². The molecule has 0 aromatic rings. The van der Waals surface area contributed by atoms with E-state index in [1.54, 1.807) is 7.11 Å². The van der Waals surface area contributed by atoms with Crippen LogP contribution in [-0.4, -0.2) is 25.8 Å². The van der Waals surface area contributed by atoms with E-state index in [-0.39, 0.29) is 5.60 Å². The van der Waals surface area contributed by atoms with Crippen molar-refractivity contribution in [2.24, 2.45) is 0 Å². The zero-order valence-electron chi connectivity index (χ0n) is 13.2. The van der Waals surface area contributed by atoms with Crippen molar-refractivity contribution in [1.82, 2.24) is 5.32 Å². The van der Waals surface area contributed by atoms with Gasteiger partial charge in [0.25, 0.3) is 0 Å². The van der Waals surface area contributed by atoms with Gasteiger partial charge < -0.3 is 10.1 Å². The first-order valence-electron chi connectivity index (χ1n) is 7.88. The largest absolute Gasteiger partial charge is 0.379 e. The molecule has 0 unspecified atom stereocenters. The average Bonchev–Trinajstić information content (AvgIpc) is 2.36. The summed E-state index contributed by atoms with van der Waals surface area (Å²) < 4.78 is 5.39.